The second-order valence-electron chi connectivity index (χ2n) is 3.56. The summed E-state index contributed by atoms with van der Waals surface area (Å²) in [5.41, 5.74) is 6.96. The molecule has 4 nitrogen and oxygen atoms in total. The average Bonchev–Trinajstić information content (AvgIpc) is 2.50. The van der Waals surface area contributed by atoms with Gasteiger partial charge in [-0.1, -0.05) is 39.8 Å². The molecule has 2 rings (SSSR count). The first-order valence-corrected chi connectivity index (χ1v) is 7.19. The molecule has 0 fully saturated rings. The number of urea groups is 1. The number of pyridine rings is 1. The number of para-hydroxylation sites is 1. The van der Waals surface area contributed by atoms with Crippen molar-refractivity contribution in [1.82, 2.24) is 0 Å². The predicted molar refractivity (Wildman–Crippen MR) is 85.7 cm³/mol. The first-order chi connectivity index (χ1) is 9.70. The van der Waals surface area contributed by atoms with Crippen molar-refractivity contribution in [2.24, 2.45) is 5.73 Å². The Morgan fingerprint density at radius 3 is 2.35 bits per heavy atom. The van der Waals surface area contributed by atoms with E-state index >= 15 is 0 Å². The topological polar surface area (TPSA) is 59.0 Å². The molecule has 2 amide bonds. The fourth-order valence-electron chi connectivity index (χ4n) is 1.79. The quantitative estimate of drug-likeness (QED) is 0.807. The highest BCUT2D eigenvalue weighted by molar-refractivity contribution is 5.89. The van der Waals surface area contributed by atoms with Gasteiger partial charge in [0.2, 0.25) is 5.52 Å². The van der Waals surface area contributed by atoms with Gasteiger partial charge in [-0.25, -0.2) is 4.79 Å². The van der Waals surface area contributed by atoms with E-state index in [1.807, 2.05) is 64.2 Å². The zero-order chi connectivity index (χ0) is 15.5. The molecule has 3 N–H and O–H groups in total. The maximum atomic E-state index is 10.8. The summed E-state index contributed by atoms with van der Waals surface area (Å²) in [6.07, 6.45) is 1.88. The number of aryl methyl sites for hydroxylation is 1. The van der Waals surface area contributed by atoms with E-state index in [1.165, 1.54) is 0 Å². The second-order valence-corrected chi connectivity index (χ2v) is 3.56. The Morgan fingerprint density at radius 1 is 1.20 bits per heavy atom. The SMILES string of the molecule is CC.CC.CC[n+]1cc(NC(N)=O)cc2ccccc21. The minimum absolute atomic E-state index is 0.544. The monoisotopic (exact) mass is 276 g/mol. The molecule has 0 unspecified atom stereocenters. The third-order valence-corrected chi connectivity index (χ3v) is 2.46. The van der Waals surface area contributed by atoms with Gasteiger partial charge in [0, 0.05) is 11.5 Å². The highest BCUT2D eigenvalue weighted by atomic mass is 16.2. The molecule has 0 bridgehead atoms. The third-order valence-electron chi connectivity index (χ3n) is 2.46. The van der Waals surface area contributed by atoms with Crippen molar-refractivity contribution in [3.8, 4) is 0 Å². The normalized spacial score (nSPS) is 8.85. The number of rotatable bonds is 2. The van der Waals surface area contributed by atoms with Crippen LogP contribution in [0, 0.1) is 0 Å². The van der Waals surface area contributed by atoms with Crippen molar-refractivity contribution in [1.29, 1.82) is 0 Å². The van der Waals surface area contributed by atoms with Crippen molar-refractivity contribution in [2.45, 2.75) is 41.2 Å². The van der Waals surface area contributed by atoms with Crippen LogP contribution >= 0.6 is 0 Å². The average molecular weight is 276 g/mol. The lowest BCUT2D eigenvalue weighted by molar-refractivity contribution is -0.667. The Labute approximate surface area is 121 Å². The van der Waals surface area contributed by atoms with Crippen LogP contribution in [0.1, 0.15) is 34.6 Å². The van der Waals surface area contributed by atoms with Crippen LogP contribution in [0.5, 0.6) is 0 Å². The lowest BCUT2D eigenvalue weighted by Crippen LogP contribution is -2.34. The molecule has 4 heteroatoms. The molecule has 20 heavy (non-hydrogen) atoms. The zero-order valence-electron chi connectivity index (χ0n) is 13.1. The zero-order valence-corrected chi connectivity index (χ0v) is 13.1. The first kappa shape index (κ1) is 17.9. The number of nitrogens with one attached hydrogen (secondary N) is 1. The molecule has 0 saturated heterocycles. The lowest BCUT2D eigenvalue weighted by Gasteiger charge is -2.03. The van der Waals surface area contributed by atoms with E-state index in [1.54, 1.807) is 0 Å². The molecule has 1 aromatic carbocycles. The summed E-state index contributed by atoms with van der Waals surface area (Å²) in [5.74, 6) is 0. The van der Waals surface area contributed by atoms with E-state index in [0.29, 0.717) is 5.69 Å². The smallest absolute Gasteiger partial charge is 0.316 e. The summed E-state index contributed by atoms with van der Waals surface area (Å²) in [7, 11) is 0. The maximum Gasteiger partial charge on any atom is 0.316 e. The van der Waals surface area contributed by atoms with Gasteiger partial charge in [0.05, 0.1) is 0 Å². The number of nitrogens with zero attached hydrogens (tertiary/aromatic N) is 1. The van der Waals surface area contributed by atoms with Crippen LogP contribution in [0.25, 0.3) is 10.9 Å². The van der Waals surface area contributed by atoms with Crippen molar-refractivity contribution in [2.75, 3.05) is 5.32 Å². The number of aromatic nitrogens is 1. The summed E-state index contributed by atoms with van der Waals surface area (Å²) < 4.78 is 2.07. The van der Waals surface area contributed by atoms with Crippen LogP contribution in [-0.2, 0) is 6.54 Å². The van der Waals surface area contributed by atoms with Crippen LogP contribution < -0.4 is 15.6 Å². The van der Waals surface area contributed by atoms with Gasteiger partial charge in [0.15, 0.2) is 6.20 Å². The Kier molecular flexibility index (Phi) is 8.75. The van der Waals surface area contributed by atoms with Gasteiger partial charge in [0.1, 0.15) is 12.2 Å². The third kappa shape index (κ3) is 4.88. The Bertz CT molecular complexity index is 538. The number of amides is 2. The molecule has 2 aromatic rings. The number of hydrogen-bond donors (Lipinski definition) is 2. The Hall–Kier alpha value is -2.10. The van der Waals surface area contributed by atoms with Gasteiger partial charge in [-0.05, 0) is 19.1 Å². The second kappa shape index (κ2) is 9.78. The minimum atomic E-state index is -0.544. The van der Waals surface area contributed by atoms with Crippen LogP contribution in [0.3, 0.4) is 0 Å². The van der Waals surface area contributed by atoms with Crippen molar-refractivity contribution < 1.29 is 9.36 Å². The van der Waals surface area contributed by atoms with Crippen LogP contribution in [0.2, 0.25) is 0 Å². The van der Waals surface area contributed by atoms with Crippen LogP contribution in [-0.4, -0.2) is 6.03 Å². The molecule has 0 saturated carbocycles. The van der Waals surface area contributed by atoms with E-state index in [9.17, 15) is 4.79 Å². The van der Waals surface area contributed by atoms with Crippen molar-refractivity contribution >= 4 is 22.6 Å². The summed E-state index contributed by atoms with van der Waals surface area (Å²) >= 11 is 0. The van der Waals surface area contributed by atoms with Gasteiger partial charge in [-0.3, -0.25) is 0 Å². The molecule has 0 spiro atoms. The first-order valence-electron chi connectivity index (χ1n) is 7.19. The lowest BCUT2D eigenvalue weighted by atomic mass is 10.2. The standard InChI is InChI=1S/C12H13N3O.2C2H6/c1-2-15-8-10(14-12(13)16)7-9-5-3-4-6-11(9)15;2*1-2/h3-8H,2H2,1H3,(H2-,13,14,16);2*1-2H3/p+1. The maximum absolute atomic E-state index is 10.8. The fraction of sp³-hybridized carbons (Fsp3) is 0.375. The van der Waals surface area contributed by atoms with Gasteiger partial charge in [0.25, 0.3) is 0 Å². The summed E-state index contributed by atoms with van der Waals surface area (Å²) in [6, 6.07) is 9.39. The molecule has 0 aliphatic carbocycles. The van der Waals surface area contributed by atoms with Gasteiger partial charge in [-0.15, -0.1) is 0 Å². The Balaban J connectivity index is 0.000000829. The highest BCUT2D eigenvalue weighted by Crippen LogP contribution is 2.14. The number of primary amides is 1. The summed E-state index contributed by atoms with van der Waals surface area (Å²) in [5, 5.41) is 3.67. The molecule has 0 radical (unpaired) electrons. The van der Waals surface area contributed by atoms with Crippen LogP contribution in [0.15, 0.2) is 36.5 Å². The van der Waals surface area contributed by atoms with Crippen LogP contribution in [0.4, 0.5) is 10.5 Å². The summed E-state index contributed by atoms with van der Waals surface area (Å²) in [6.45, 7) is 10.9. The summed E-state index contributed by atoms with van der Waals surface area (Å²) in [4.78, 5) is 10.8. The van der Waals surface area contributed by atoms with E-state index < -0.39 is 6.03 Å². The number of fused-ring (bicyclic) bond motifs is 1. The number of carbonyl (C=O) groups is 1. The molecule has 0 atom stereocenters. The molecular weight excluding hydrogens is 250 g/mol. The molecular formula is C16H26N3O+. The predicted octanol–water partition coefficient (Wildman–Crippen LogP) is 3.69. The van der Waals surface area contributed by atoms with E-state index in [-0.39, 0.29) is 0 Å². The number of anilines is 1. The minimum Gasteiger partial charge on any atom is -0.351 e. The fourth-order valence-corrected chi connectivity index (χ4v) is 1.79. The van der Waals surface area contributed by atoms with Gasteiger partial charge < -0.3 is 11.1 Å². The number of benzene rings is 1. The van der Waals surface area contributed by atoms with Gasteiger partial charge >= 0.3 is 6.03 Å². The highest BCUT2D eigenvalue weighted by Gasteiger charge is 2.09. The van der Waals surface area contributed by atoms with E-state index in [4.69, 9.17) is 5.73 Å². The number of nitrogens with two attached hydrogens (primary N) is 1. The van der Waals surface area contributed by atoms with Crippen molar-refractivity contribution in [3.63, 3.8) is 0 Å². The molecule has 1 aromatic heterocycles. The molecule has 110 valence electrons. The number of hydrogen-bond acceptors (Lipinski definition) is 1. The van der Waals surface area contributed by atoms with Gasteiger partial charge in [-0.2, -0.15) is 4.57 Å². The van der Waals surface area contributed by atoms with E-state index in [0.717, 1.165) is 17.4 Å². The molecule has 0 aliphatic heterocycles. The molecule has 1 heterocycles. The molecule has 0 aliphatic rings. The largest absolute Gasteiger partial charge is 0.351 e. The van der Waals surface area contributed by atoms with E-state index in [2.05, 4.69) is 16.8 Å². The Morgan fingerprint density at radius 2 is 1.80 bits per heavy atom. The van der Waals surface area contributed by atoms with Crippen molar-refractivity contribution in [3.05, 3.63) is 36.5 Å². The number of carbonyl (C=O) groups excluding carboxylic acids is 1.